The quantitative estimate of drug-likeness (QED) is 0.357. The molecule has 2 rings (SSSR count). The second-order valence-corrected chi connectivity index (χ2v) is 6.84. The van der Waals surface area contributed by atoms with Gasteiger partial charge in [-0.05, 0) is 64.0 Å². The van der Waals surface area contributed by atoms with Gasteiger partial charge < -0.3 is 20.3 Å². The fraction of sp³-hybridized carbons (Fsp3) is 0.611. The number of aliphatic imine (C=N–C) groups is 1. The van der Waals surface area contributed by atoms with Gasteiger partial charge in [-0.15, -0.1) is 24.0 Å². The normalized spacial score (nSPS) is 19.2. The van der Waals surface area contributed by atoms with Crippen molar-refractivity contribution in [1.82, 2.24) is 15.5 Å². The number of rotatable bonds is 7. The number of halogens is 2. The fourth-order valence-electron chi connectivity index (χ4n) is 2.78. The summed E-state index contributed by atoms with van der Waals surface area (Å²) in [7, 11) is 2.18. The number of likely N-dealkylation sites (tertiary alicyclic amines) is 1. The van der Waals surface area contributed by atoms with E-state index in [1.165, 1.54) is 13.0 Å². The molecule has 2 unspecified atom stereocenters. The smallest absolute Gasteiger partial charge is 0.191 e. The molecule has 1 saturated heterocycles. The molecule has 1 aliphatic heterocycles. The van der Waals surface area contributed by atoms with Gasteiger partial charge in [0, 0.05) is 24.7 Å². The molecule has 0 radical (unpaired) electrons. The van der Waals surface area contributed by atoms with Crippen LogP contribution in [0, 0.1) is 5.92 Å². The van der Waals surface area contributed by atoms with Crippen molar-refractivity contribution in [3.63, 3.8) is 0 Å². The summed E-state index contributed by atoms with van der Waals surface area (Å²) in [6.07, 6.45) is 1.25. The molecule has 1 fully saturated rings. The Morgan fingerprint density at radius 3 is 2.68 bits per heavy atom. The molecule has 25 heavy (non-hydrogen) atoms. The molecule has 1 aliphatic rings. The Labute approximate surface area is 173 Å². The second kappa shape index (κ2) is 11.8. The van der Waals surface area contributed by atoms with Gasteiger partial charge >= 0.3 is 0 Å². The summed E-state index contributed by atoms with van der Waals surface area (Å²) in [6, 6.07) is 7.42. The van der Waals surface area contributed by atoms with E-state index in [1.807, 2.05) is 31.2 Å². The molecule has 142 valence electrons. The standard InChI is InChI=1S/C18H29ClN4O.HI/c1-4-20-18(22-12-15-9-10-23(3)13-15)21-11-14(2)24-17-7-5-16(19)6-8-17;/h5-8,14-15H,4,9-13H2,1-3H3,(H2,20,21,22);1H. The van der Waals surface area contributed by atoms with E-state index in [9.17, 15) is 0 Å². The third kappa shape index (κ3) is 8.46. The topological polar surface area (TPSA) is 48.9 Å². The molecule has 1 heterocycles. The predicted octanol–water partition coefficient (Wildman–Crippen LogP) is 3.23. The third-order valence-corrected chi connectivity index (χ3v) is 4.30. The number of nitrogens with one attached hydrogen (secondary N) is 2. The van der Waals surface area contributed by atoms with Crippen LogP contribution in [0.15, 0.2) is 29.3 Å². The Morgan fingerprint density at radius 1 is 1.36 bits per heavy atom. The SMILES string of the molecule is CCNC(=NCC(C)Oc1ccc(Cl)cc1)NCC1CCN(C)C1.I. The number of benzene rings is 1. The Balaban J connectivity index is 0.00000312. The van der Waals surface area contributed by atoms with E-state index in [0.717, 1.165) is 31.3 Å². The maximum atomic E-state index is 5.89. The summed E-state index contributed by atoms with van der Waals surface area (Å²) in [6.45, 7) is 8.85. The highest BCUT2D eigenvalue weighted by Crippen LogP contribution is 2.17. The van der Waals surface area contributed by atoms with Crippen molar-refractivity contribution in [1.29, 1.82) is 0 Å². The zero-order valence-corrected chi connectivity index (χ0v) is 18.4. The highest BCUT2D eigenvalue weighted by atomic mass is 127. The first kappa shape index (κ1) is 22.3. The minimum absolute atomic E-state index is 0. The van der Waals surface area contributed by atoms with Crippen molar-refractivity contribution < 1.29 is 4.74 Å². The number of hydrogen-bond donors (Lipinski definition) is 2. The summed E-state index contributed by atoms with van der Waals surface area (Å²) in [5, 5.41) is 7.46. The van der Waals surface area contributed by atoms with Crippen molar-refractivity contribution in [3.8, 4) is 5.75 Å². The Morgan fingerprint density at radius 2 is 2.08 bits per heavy atom. The third-order valence-electron chi connectivity index (χ3n) is 4.05. The molecule has 0 aliphatic carbocycles. The monoisotopic (exact) mass is 480 g/mol. The molecule has 1 aromatic rings. The molecular formula is C18H30ClIN4O. The molecule has 1 aromatic carbocycles. The van der Waals surface area contributed by atoms with Crippen LogP contribution in [0.5, 0.6) is 5.75 Å². The number of guanidine groups is 1. The van der Waals surface area contributed by atoms with Crippen molar-refractivity contribution in [2.45, 2.75) is 26.4 Å². The predicted molar refractivity (Wildman–Crippen MR) is 117 cm³/mol. The van der Waals surface area contributed by atoms with Gasteiger partial charge in [-0.1, -0.05) is 11.6 Å². The summed E-state index contributed by atoms with van der Waals surface area (Å²) in [5.41, 5.74) is 0. The first-order valence-electron chi connectivity index (χ1n) is 8.69. The van der Waals surface area contributed by atoms with Gasteiger partial charge in [0.1, 0.15) is 11.9 Å². The molecule has 0 aromatic heterocycles. The largest absolute Gasteiger partial charge is 0.489 e. The molecule has 2 atom stereocenters. The highest BCUT2D eigenvalue weighted by Gasteiger charge is 2.19. The Kier molecular flexibility index (Phi) is 10.5. The van der Waals surface area contributed by atoms with Crippen LogP contribution < -0.4 is 15.4 Å². The van der Waals surface area contributed by atoms with E-state index >= 15 is 0 Å². The van der Waals surface area contributed by atoms with Crippen LogP contribution in [-0.4, -0.2) is 56.7 Å². The van der Waals surface area contributed by atoms with Crippen molar-refractivity contribution >= 4 is 41.5 Å². The van der Waals surface area contributed by atoms with E-state index in [-0.39, 0.29) is 30.1 Å². The lowest BCUT2D eigenvalue weighted by Gasteiger charge is -2.17. The minimum atomic E-state index is -0.000699. The van der Waals surface area contributed by atoms with Crippen LogP contribution in [-0.2, 0) is 0 Å². The Hall–Kier alpha value is -0.730. The zero-order chi connectivity index (χ0) is 17.4. The van der Waals surface area contributed by atoms with E-state index in [0.29, 0.717) is 17.5 Å². The van der Waals surface area contributed by atoms with Crippen molar-refractivity contribution in [2.24, 2.45) is 10.9 Å². The van der Waals surface area contributed by atoms with E-state index in [4.69, 9.17) is 16.3 Å². The molecule has 2 N–H and O–H groups in total. The number of nitrogens with zero attached hydrogens (tertiary/aromatic N) is 2. The maximum absolute atomic E-state index is 5.89. The summed E-state index contributed by atoms with van der Waals surface area (Å²) < 4.78 is 5.86. The summed E-state index contributed by atoms with van der Waals surface area (Å²) in [5.74, 6) is 2.37. The van der Waals surface area contributed by atoms with Gasteiger partial charge in [-0.3, -0.25) is 0 Å². The van der Waals surface area contributed by atoms with Gasteiger partial charge in [-0.25, -0.2) is 4.99 Å². The average molecular weight is 481 g/mol. The van der Waals surface area contributed by atoms with E-state index in [2.05, 4.69) is 34.5 Å². The first-order valence-corrected chi connectivity index (χ1v) is 9.07. The lowest BCUT2D eigenvalue weighted by molar-refractivity contribution is 0.230. The first-order chi connectivity index (χ1) is 11.6. The van der Waals surface area contributed by atoms with Crippen LogP contribution in [0.3, 0.4) is 0 Å². The van der Waals surface area contributed by atoms with Gasteiger partial charge in [0.15, 0.2) is 5.96 Å². The highest BCUT2D eigenvalue weighted by molar-refractivity contribution is 14.0. The fourth-order valence-corrected chi connectivity index (χ4v) is 2.90. The van der Waals surface area contributed by atoms with Crippen molar-refractivity contribution in [2.75, 3.05) is 39.8 Å². The molecule has 5 nitrogen and oxygen atoms in total. The van der Waals surface area contributed by atoms with Gasteiger partial charge in [0.05, 0.1) is 6.54 Å². The van der Waals surface area contributed by atoms with Crippen LogP contribution in [0.25, 0.3) is 0 Å². The van der Waals surface area contributed by atoms with Crippen LogP contribution in [0.1, 0.15) is 20.3 Å². The number of hydrogen-bond acceptors (Lipinski definition) is 3. The Bertz CT molecular complexity index is 526. The number of ether oxygens (including phenoxy) is 1. The van der Waals surface area contributed by atoms with Gasteiger partial charge in [0.25, 0.3) is 0 Å². The van der Waals surface area contributed by atoms with E-state index in [1.54, 1.807) is 0 Å². The van der Waals surface area contributed by atoms with Crippen LogP contribution >= 0.6 is 35.6 Å². The van der Waals surface area contributed by atoms with Crippen LogP contribution in [0.4, 0.5) is 0 Å². The minimum Gasteiger partial charge on any atom is -0.489 e. The molecule has 0 spiro atoms. The van der Waals surface area contributed by atoms with E-state index < -0.39 is 0 Å². The molecule has 7 heteroatoms. The molecular weight excluding hydrogens is 451 g/mol. The second-order valence-electron chi connectivity index (χ2n) is 6.40. The lowest BCUT2D eigenvalue weighted by atomic mass is 10.1. The molecule has 0 amide bonds. The maximum Gasteiger partial charge on any atom is 0.191 e. The van der Waals surface area contributed by atoms with Gasteiger partial charge in [-0.2, -0.15) is 0 Å². The zero-order valence-electron chi connectivity index (χ0n) is 15.3. The molecule has 0 bridgehead atoms. The lowest BCUT2D eigenvalue weighted by Crippen LogP contribution is -2.40. The molecule has 0 saturated carbocycles. The summed E-state index contributed by atoms with van der Waals surface area (Å²) in [4.78, 5) is 7.01. The summed E-state index contributed by atoms with van der Waals surface area (Å²) >= 11 is 5.89. The van der Waals surface area contributed by atoms with Crippen LogP contribution in [0.2, 0.25) is 5.02 Å². The van der Waals surface area contributed by atoms with Gasteiger partial charge in [0.2, 0.25) is 0 Å². The average Bonchev–Trinajstić information content (AvgIpc) is 2.98. The van der Waals surface area contributed by atoms with Crippen molar-refractivity contribution in [3.05, 3.63) is 29.3 Å².